The summed E-state index contributed by atoms with van der Waals surface area (Å²) in [4.78, 5) is 0. The molecule has 1 unspecified atom stereocenters. The fourth-order valence-electron chi connectivity index (χ4n) is 1.97. The molecule has 1 aromatic carbocycles. The molecule has 3 heteroatoms. The minimum atomic E-state index is 0.0689. The van der Waals surface area contributed by atoms with E-state index >= 15 is 0 Å². The average Bonchev–Trinajstić information content (AvgIpc) is 2.31. The van der Waals surface area contributed by atoms with Gasteiger partial charge < -0.3 is 10.5 Å². The van der Waals surface area contributed by atoms with E-state index in [4.69, 9.17) is 22.1 Å². The van der Waals surface area contributed by atoms with Crippen LogP contribution in [-0.2, 0) is 11.8 Å². The van der Waals surface area contributed by atoms with E-state index < -0.39 is 0 Å². The predicted molar refractivity (Wildman–Crippen MR) is 83.3 cm³/mol. The molecule has 2 nitrogen and oxygen atoms in total. The Kier molecular flexibility index (Phi) is 5.69. The lowest BCUT2D eigenvalue weighted by atomic mass is 9.85. The quantitative estimate of drug-likeness (QED) is 0.874. The molecular weight excluding hydrogens is 258 g/mol. The van der Waals surface area contributed by atoms with Crippen molar-refractivity contribution in [3.05, 3.63) is 28.3 Å². The first-order valence-electron chi connectivity index (χ1n) is 7.00. The number of ether oxygens (including phenoxy) is 1. The van der Waals surface area contributed by atoms with E-state index in [9.17, 15) is 0 Å². The van der Waals surface area contributed by atoms with E-state index in [1.54, 1.807) is 0 Å². The molecule has 0 bridgehead atoms. The van der Waals surface area contributed by atoms with Crippen LogP contribution in [-0.4, -0.2) is 12.6 Å². The van der Waals surface area contributed by atoms with Gasteiger partial charge in [0, 0.05) is 6.04 Å². The van der Waals surface area contributed by atoms with Gasteiger partial charge >= 0.3 is 0 Å². The summed E-state index contributed by atoms with van der Waals surface area (Å²) in [5.41, 5.74) is 8.49. The molecule has 0 aliphatic heterocycles. The predicted octanol–water partition coefficient (Wildman–Crippen LogP) is 4.32. The summed E-state index contributed by atoms with van der Waals surface area (Å²) < 4.78 is 5.69. The maximum atomic E-state index is 6.38. The van der Waals surface area contributed by atoms with E-state index in [1.165, 1.54) is 5.56 Å². The fourth-order valence-corrected chi connectivity index (χ4v) is 2.26. The highest BCUT2D eigenvalue weighted by atomic mass is 35.5. The molecule has 19 heavy (non-hydrogen) atoms. The zero-order valence-electron chi connectivity index (χ0n) is 12.7. The zero-order valence-corrected chi connectivity index (χ0v) is 13.5. The number of nitrogens with two attached hydrogens (primary N) is 1. The minimum absolute atomic E-state index is 0.0689. The van der Waals surface area contributed by atoms with Crippen LogP contribution in [0.5, 0.6) is 5.75 Å². The van der Waals surface area contributed by atoms with Crippen LogP contribution in [0.15, 0.2) is 12.1 Å². The highest BCUT2D eigenvalue weighted by Crippen LogP contribution is 2.35. The topological polar surface area (TPSA) is 35.2 Å². The van der Waals surface area contributed by atoms with Crippen molar-refractivity contribution in [2.45, 2.75) is 58.9 Å². The summed E-state index contributed by atoms with van der Waals surface area (Å²) in [6.45, 7) is 11.2. The second-order valence-electron chi connectivity index (χ2n) is 6.00. The molecule has 0 amide bonds. The Morgan fingerprint density at radius 1 is 1.26 bits per heavy atom. The van der Waals surface area contributed by atoms with Crippen molar-refractivity contribution in [1.82, 2.24) is 0 Å². The lowest BCUT2D eigenvalue weighted by Crippen LogP contribution is -2.22. The summed E-state index contributed by atoms with van der Waals surface area (Å²) in [5.74, 6) is 0.793. The largest absolute Gasteiger partial charge is 0.492 e. The molecular formula is C16H26ClNO. The average molecular weight is 284 g/mol. The van der Waals surface area contributed by atoms with Crippen LogP contribution in [0.2, 0.25) is 5.02 Å². The lowest BCUT2D eigenvalue weighted by Gasteiger charge is -2.23. The van der Waals surface area contributed by atoms with E-state index in [0.717, 1.165) is 24.2 Å². The molecule has 0 aliphatic carbocycles. The van der Waals surface area contributed by atoms with Crippen molar-refractivity contribution >= 4 is 11.6 Å². The van der Waals surface area contributed by atoms with Crippen molar-refractivity contribution in [1.29, 1.82) is 0 Å². The third-order valence-corrected chi connectivity index (χ3v) is 3.56. The van der Waals surface area contributed by atoms with Crippen LogP contribution in [0.4, 0.5) is 0 Å². The van der Waals surface area contributed by atoms with Crippen molar-refractivity contribution in [3.63, 3.8) is 0 Å². The van der Waals surface area contributed by atoms with Gasteiger partial charge in [-0.05, 0) is 42.4 Å². The summed E-state index contributed by atoms with van der Waals surface area (Å²) in [5, 5.41) is 0.688. The molecule has 108 valence electrons. The van der Waals surface area contributed by atoms with Crippen LogP contribution in [0.1, 0.15) is 52.2 Å². The Morgan fingerprint density at radius 2 is 1.89 bits per heavy atom. The van der Waals surface area contributed by atoms with Gasteiger partial charge in [0.05, 0.1) is 11.6 Å². The van der Waals surface area contributed by atoms with E-state index in [0.29, 0.717) is 11.6 Å². The van der Waals surface area contributed by atoms with Gasteiger partial charge in [-0.15, -0.1) is 0 Å². The van der Waals surface area contributed by atoms with Gasteiger partial charge in [-0.2, -0.15) is 0 Å². The summed E-state index contributed by atoms with van der Waals surface area (Å²) in [7, 11) is 0. The third kappa shape index (κ3) is 4.39. The SMILES string of the molecule is CCOc1c(Cl)cc(C(C)(C)C)cc1CC(N)CC. The van der Waals surface area contributed by atoms with Crippen molar-refractivity contribution in [2.24, 2.45) is 5.73 Å². The van der Waals surface area contributed by atoms with Crippen LogP contribution in [0.25, 0.3) is 0 Å². The standard InChI is InChI=1S/C16H26ClNO/c1-6-13(18)9-11-8-12(16(3,4)5)10-14(17)15(11)19-7-2/h8,10,13H,6-7,9,18H2,1-5H3. The first kappa shape index (κ1) is 16.3. The smallest absolute Gasteiger partial charge is 0.141 e. The summed E-state index contributed by atoms with van der Waals surface area (Å²) in [6.07, 6.45) is 1.75. The summed E-state index contributed by atoms with van der Waals surface area (Å²) >= 11 is 6.38. The first-order chi connectivity index (χ1) is 8.79. The molecule has 0 spiro atoms. The van der Waals surface area contributed by atoms with E-state index in [-0.39, 0.29) is 11.5 Å². The first-order valence-corrected chi connectivity index (χ1v) is 7.38. The minimum Gasteiger partial charge on any atom is -0.492 e. The molecule has 0 saturated carbocycles. The van der Waals surface area contributed by atoms with Crippen LogP contribution < -0.4 is 10.5 Å². The van der Waals surface area contributed by atoms with Crippen molar-refractivity contribution < 1.29 is 4.74 Å². The highest BCUT2D eigenvalue weighted by molar-refractivity contribution is 6.32. The molecule has 1 rings (SSSR count). The Hall–Kier alpha value is -0.730. The second-order valence-corrected chi connectivity index (χ2v) is 6.41. The number of hydrogen-bond donors (Lipinski definition) is 1. The van der Waals surface area contributed by atoms with Crippen molar-refractivity contribution in [2.75, 3.05) is 6.61 Å². The highest BCUT2D eigenvalue weighted by Gasteiger charge is 2.19. The molecule has 1 aromatic rings. The monoisotopic (exact) mass is 283 g/mol. The lowest BCUT2D eigenvalue weighted by molar-refractivity contribution is 0.335. The Bertz CT molecular complexity index is 423. The molecule has 2 N–H and O–H groups in total. The van der Waals surface area contributed by atoms with Crippen molar-refractivity contribution in [3.8, 4) is 5.75 Å². The number of rotatable bonds is 5. The van der Waals surface area contributed by atoms with Gasteiger partial charge in [0.1, 0.15) is 5.75 Å². The summed E-state index contributed by atoms with van der Waals surface area (Å²) in [6, 6.07) is 4.34. The molecule has 0 radical (unpaired) electrons. The van der Waals surface area contributed by atoms with Gasteiger partial charge in [0.15, 0.2) is 0 Å². The molecule has 1 atom stereocenters. The Balaban J connectivity index is 3.24. The molecule has 0 saturated heterocycles. The van der Waals surface area contributed by atoms with Gasteiger partial charge in [-0.1, -0.05) is 45.4 Å². The fraction of sp³-hybridized carbons (Fsp3) is 0.625. The van der Waals surface area contributed by atoms with Gasteiger partial charge in [-0.25, -0.2) is 0 Å². The van der Waals surface area contributed by atoms with E-state index in [2.05, 4.69) is 33.8 Å². The second kappa shape index (κ2) is 6.62. The maximum absolute atomic E-state index is 6.38. The van der Waals surface area contributed by atoms with Gasteiger partial charge in [-0.3, -0.25) is 0 Å². The third-order valence-electron chi connectivity index (χ3n) is 3.28. The van der Waals surface area contributed by atoms with Crippen LogP contribution in [0.3, 0.4) is 0 Å². The molecule has 0 aliphatic rings. The van der Waals surface area contributed by atoms with Crippen LogP contribution in [0, 0.1) is 0 Å². The molecule has 0 fully saturated rings. The normalized spacial score (nSPS) is 13.4. The Labute approximate surface area is 122 Å². The van der Waals surface area contributed by atoms with E-state index in [1.807, 2.05) is 13.0 Å². The zero-order chi connectivity index (χ0) is 14.6. The number of halogens is 1. The van der Waals surface area contributed by atoms with Gasteiger partial charge in [0.2, 0.25) is 0 Å². The molecule has 0 aromatic heterocycles. The van der Waals surface area contributed by atoms with Gasteiger partial charge in [0.25, 0.3) is 0 Å². The maximum Gasteiger partial charge on any atom is 0.141 e. The number of hydrogen-bond acceptors (Lipinski definition) is 2. The number of benzene rings is 1. The molecule has 0 heterocycles. The van der Waals surface area contributed by atoms with Crippen LogP contribution >= 0.6 is 11.6 Å². The Morgan fingerprint density at radius 3 is 2.37 bits per heavy atom.